The summed E-state index contributed by atoms with van der Waals surface area (Å²) in [7, 11) is 0. The zero-order valence-corrected chi connectivity index (χ0v) is 6.21. The average Bonchev–Trinajstić information content (AvgIpc) is 1.31. The van der Waals surface area contributed by atoms with Crippen LogP contribution in [0.5, 0.6) is 0 Å². The quantitative estimate of drug-likeness (QED) is 0.392. The maximum Gasteiger partial charge on any atom is 0.0413 e. The Morgan fingerprint density at radius 1 is 1.25 bits per heavy atom. The molecular formula is C6H17ClSi. The third kappa shape index (κ3) is 4.66. The largest absolute Gasteiger partial charge is 0.120 e. The van der Waals surface area contributed by atoms with Gasteiger partial charge in [-0.2, -0.15) is 0 Å². The molecular weight excluding hydrogens is 136 g/mol. The molecule has 0 aromatic rings. The summed E-state index contributed by atoms with van der Waals surface area (Å²) in [6, 6.07) is 0. The summed E-state index contributed by atoms with van der Waals surface area (Å²) in [5, 5.41) is 0. The lowest BCUT2D eigenvalue weighted by molar-refractivity contribution is 0.494. The Balaban J connectivity index is 0. The average molecular weight is 153 g/mol. The molecule has 0 N–H and O–H groups in total. The standard InChI is InChI=1S/C6H13Cl.H4Si/c1-5(2)6(3,4)7;/h5H,1-4H3;1H4. The smallest absolute Gasteiger partial charge is 0.0413 e. The summed E-state index contributed by atoms with van der Waals surface area (Å²) in [6.07, 6.45) is 0. The third-order valence-corrected chi connectivity index (χ3v) is 1.81. The van der Waals surface area contributed by atoms with E-state index in [1.165, 1.54) is 0 Å². The Labute approximate surface area is 61.6 Å². The van der Waals surface area contributed by atoms with Gasteiger partial charge >= 0.3 is 0 Å². The highest BCUT2D eigenvalue weighted by atomic mass is 35.5. The van der Waals surface area contributed by atoms with Gasteiger partial charge in [0, 0.05) is 4.87 Å². The van der Waals surface area contributed by atoms with Gasteiger partial charge in [-0.3, -0.25) is 0 Å². The molecule has 0 rings (SSSR count). The van der Waals surface area contributed by atoms with Crippen LogP contribution in [0.15, 0.2) is 0 Å². The molecule has 52 valence electrons. The SMILES string of the molecule is CC(C)C(C)(C)Cl.[SiH4]. The molecule has 2 heteroatoms. The van der Waals surface area contributed by atoms with Crippen LogP contribution < -0.4 is 0 Å². The molecule has 0 aliphatic carbocycles. The molecule has 0 aromatic carbocycles. The van der Waals surface area contributed by atoms with Crippen molar-refractivity contribution < 1.29 is 0 Å². The van der Waals surface area contributed by atoms with Crippen molar-refractivity contribution in [1.29, 1.82) is 0 Å². The number of rotatable bonds is 1. The Bertz CT molecular complexity index is 54.0. The van der Waals surface area contributed by atoms with Crippen molar-refractivity contribution in [2.75, 3.05) is 0 Å². The van der Waals surface area contributed by atoms with Crippen LogP contribution in [0.25, 0.3) is 0 Å². The molecule has 0 saturated carbocycles. The molecule has 0 spiro atoms. The predicted octanol–water partition coefficient (Wildman–Crippen LogP) is 1.21. The molecule has 0 aliphatic heterocycles. The van der Waals surface area contributed by atoms with E-state index >= 15 is 0 Å². The lowest BCUT2D eigenvalue weighted by Gasteiger charge is -2.19. The molecule has 0 heterocycles. The summed E-state index contributed by atoms with van der Waals surface area (Å²) >= 11 is 5.87. The van der Waals surface area contributed by atoms with Gasteiger partial charge in [0.1, 0.15) is 0 Å². The minimum Gasteiger partial charge on any atom is -0.120 e. The van der Waals surface area contributed by atoms with E-state index in [1.807, 2.05) is 13.8 Å². The fourth-order valence-electron chi connectivity index (χ4n) is 0. The summed E-state index contributed by atoms with van der Waals surface area (Å²) in [4.78, 5) is -0.0278. The zero-order valence-electron chi connectivity index (χ0n) is 5.46. The monoisotopic (exact) mass is 152 g/mol. The van der Waals surface area contributed by atoms with Crippen LogP contribution in [0.1, 0.15) is 27.7 Å². The zero-order chi connectivity index (χ0) is 6.08. The molecule has 0 aliphatic rings. The van der Waals surface area contributed by atoms with Crippen LogP contribution >= 0.6 is 11.6 Å². The molecule has 0 fully saturated rings. The third-order valence-electron chi connectivity index (χ3n) is 1.37. The molecule has 0 amide bonds. The Morgan fingerprint density at radius 2 is 1.38 bits per heavy atom. The van der Waals surface area contributed by atoms with Crippen molar-refractivity contribution in [3.05, 3.63) is 0 Å². The maximum atomic E-state index is 5.87. The van der Waals surface area contributed by atoms with Gasteiger partial charge in [0.05, 0.1) is 0 Å². The van der Waals surface area contributed by atoms with E-state index in [-0.39, 0.29) is 15.8 Å². The van der Waals surface area contributed by atoms with Crippen LogP contribution in [-0.4, -0.2) is 15.8 Å². The summed E-state index contributed by atoms with van der Waals surface area (Å²) in [5.74, 6) is 0.564. The van der Waals surface area contributed by atoms with E-state index in [9.17, 15) is 0 Å². The molecule has 8 heavy (non-hydrogen) atoms. The van der Waals surface area contributed by atoms with Gasteiger partial charge in [-0.25, -0.2) is 0 Å². The second-order valence-electron chi connectivity index (χ2n) is 2.72. The van der Waals surface area contributed by atoms with Gasteiger partial charge in [-0.15, -0.1) is 11.6 Å². The number of hydrogen-bond donors (Lipinski definition) is 0. The molecule has 0 saturated heterocycles. The van der Waals surface area contributed by atoms with Crippen LogP contribution in [0.3, 0.4) is 0 Å². The lowest BCUT2D eigenvalue weighted by Crippen LogP contribution is -2.18. The fraction of sp³-hybridized carbons (Fsp3) is 1.00. The highest BCUT2D eigenvalue weighted by Crippen LogP contribution is 2.22. The van der Waals surface area contributed by atoms with E-state index in [0.717, 1.165) is 0 Å². The topological polar surface area (TPSA) is 0 Å². The summed E-state index contributed by atoms with van der Waals surface area (Å²) < 4.78 is 0. The van der Waals surface area contributed by atoms with Gasteiger partial charge in [-0.1, -0.05) is 13.8 Å². The van der Waals surface area contributed by atoms with Crippen molar-refractivity contribution in [2.45, 2.75) is 32.6 Å². The number of halogens is 1. The fourth-order valence-corrected chi connectivity index (χ4v) is 0. The predicted molar refractivity (Wildman–Crippen MR) is 46.1 cm³/mol. The van der Waals surface area contributed by atoms with E-state index in [1.54, 1.807) is 0 Å². The molecule has 0 nitrogen and oxygen atoms in total. The van der Waals surface area contributed by atoms with Crippen molar-refractivity contribution in [1.82, 2.24) is 0 Å². The van der Waals surface area contributed by atoms with Gasteiger partial charge < -0.3 is 0 Å². The Kier molecular flexibility index (Phi) is 4.98. The van der Waals surface area contributed by atoms with Crippen molar-refractivity contribution in [2.24, 2.45) is 5.92 Å². The first-order valence-electron chi connectivity index (χ1n) is 2.63. The first kappa shape index (κ1) is 11.3. The van der Waals surface area contributed by atoms with Gasteiger partial charge in [0.2, 0.25) is 0 Å². The number of hydrogen-bond acceptors (Lipinski definition) is 0. The van der Waals surface area contributed by atoms with Crippen LogP contribution in [0, 0.1) is 5.92 Å². The minimum absolute atomic E-state index is 0. The Morgan fingerprint density at radius 3 is 1.38 bits per heavy atom. The lowest BCUT2D eigenvalue weighted by atomic mass is 10.00. The van der Waals surface area contributed by atoms with Gasteiger partial charge in [0.25, 0.3) is 0 Å². The van der Waals surface area contributed by atoms with E-state index in [4.69, 9.17) is 11.6 Å². The second kappa shape index (κ2) is 3.52. The van der Waals surface area contributed by atoms with E-state index < -0.39 is 0 Å². The van der Waals surface area contributed by atoms with E-state index in [0.29, 0.717) is 5.92 Å². The van der Waals surface area contributed by atoms with Crippen molar-refractivity contribution >= 4 is 22.6 Å². The summed E-state index contributed by atoms with van der Waals surface area (Å²) in [5.41, 5.74) is 0. The highest BCUT2D eigenvalue weighted by molar-refractivity contribution is 6.23. The van der Waals surface area contributed by atoms with Gasteiger partial charge in [0.15, 0.2) is 0 Å². The first-order valence-corrected chi connectivity index (χ1v) is 3.01. The molecule has 0 radical (unpaired) electrons. The minimum atomic E-state index is -0.0278. The molecule has 0 atom stereocenters. The number of alkyl halides is 1. The van der Waals surface area contributed by atoms with Crippen LogP contribution in [0.4, 0.5) is 0 Å². The molecule has 0 aromatic heterocycles. The second-order valence-corrected chi connectivity index (χ2v) is 3.69. The van der Waals surface area contributed by atoms with Gasteiger partial charge in [-0.05, 0) is 30.7 Å². The van der Waals surface area contributed by atoms with Crippen LogP contribution in [-0.2, 0) is 0 Å². The van der Waals surface area contributed by atoms with E-state index in [2.05, 4.69) is 13.8 Å². The maximum absolute atomic E-state index is 5.87. The normalized spacial score (nSPS) is 11.2. The Hall–Kier alpha value is 0.507. The molecule has 0 bridgehead atoms. The molecule has 0 unspecified atom stereocenters. The highest BCUT2D eigenvalue weighted by Gasteiger charge is 2.16. The first-order chi connectivity index (χ1) is 2.94. The summed E-state index contributed by atoms with van der Waals surface area (Å²) in [6.45, 7) is 8.29. The van der Waals surface area contributed by atoms with Crippen molar-refractivity contribution in [3.8, 4) is 0 Å². The van der Waals surface area contributed by atoms with Crippen molar-refractivity contribution in [3.63, 3.8) is 0 Å². The van der Waals surface area contributed by atoms with Crippen LogP contribution in [0.2, 0.25) is 0 Å².